The maximum absolute atomic E-state index is 6.66. The van der Waals surface area contributed by atoms with Crippen LogP contribution in [0.2, 0.25) is 0 Å². The Balaban J connectivity index is 0.909. The number of aromatic nitrogens is 2. The van der Waals surface area contributed by atoms with Gasteiger partial charge in [-0.3, -0.25) is 4.99 Å². The zero-order valence-electron chi connectivity index (χ0n) is 32.8. The molecule has 0 saturated heterocycles. The van der Waals surface area contributed by atoms with E-state index in [-0.39, 0.29) is 6.17 Å². The predicted molar refractivity (Wildman–Crippen MR) is 253 cm³/mol. The van der Waals surface area contributed by atoms with E-state index in [1.165, 1.54) is 59.6 Å². The highest BCUT2D eigenvalue weighted by molar-refractivity contribution is 6.33. The maximum atomic E-state index is 6.66. The second-order valence-electron chi connectivity index (χ2n) is 16.3. The lowest BCUT2D eigenvalue weighted by atomic mass is 9.96. The number of aliphatic imine (C=N–C) groups is 1. The number of para-hydroxylation sites is 3. The van der Waals surface area contributed by atoms with Crippen molar-refractivity contribution in [3.8, 4) is 11.4 Å². The molecule has 284 valence electrons. The normalized spacial score (nSPS) is 14.3. The van der Waals surface area contributed by atoms with Crippen molar-refractivity contribution in [2.24, 2.45) is 4.99 Å². The third-order valence-electron chi connectivity index (χ3n) is 13.0. The summed E-state index contributed by atoms with van der Waals surface area (Å²) >= 11 is 0. The summed E-state index contributed by atoms with van der Waals surface area (Å²) in [5.41, 5.74) is 14.1. The number of fused-ring (bicyclic) bond motifs is 5. The predicted octanol–water partition coefficient (Wildman–Crippen LogP) is 14.5. The Morgan fingerprint density at radius 2 is 1.08 bits per heavy atom. The summed E-state index contributed by atoms with van der Waals surface area (Å²) in [4.78, 5) is 5.50. The molecule has 4 heterocycles. The first-order valence-corrected chi connectivity index (χ1v) is 20.9. The number of hydrogen-bond acceptors (Lipinski definition) is 3. The fraction of sp³-hybridized carbons (Fsp3) is 0.0179. The SMILES string of the molecule is c1ccc(-n2c3ccccc3c3ccc(C4=NC(c5ccc6cc(-n7c8ccc9cccc%10oc%11cccc%12ccc7c(c%12%11)c8c9%10)ccc6c5)Nc5ccccc54)cc32)cc1. The maximum Gasteiger partial charge on any atom is 0.145 e. The molecule has 0 radical (unpaired) electrons. The van der Waals surface area contributed by atoms with Gasteiger partial charge in [-0.1, -0.05) is 121 Å². The van der Waals surface area contributed by atoms with Crippen LogP contribution in [-0.2, 0) is 0 Å². The summed E-state index contributed by atoms with van der Waals surface area (Å²) in [7, 11) is 0. The summed E-state index contributed by atoms with van der Waals surface area (Å²) < 4.78 is 11.5. The van der Waals surface area contributed by atoms with E-state index in [1.807, 2.05) is 0 Å². The molecule has 13 aromatic rings. The van der Waals surface area contributed by atoms with Crippen molar-refractivity contribution in [1.29, 1.82) is 0 Å². The molecule has 0 spiro atoms. The van der Waals surface area contributed by atoms with Crippen molar-refractivity contribution in [2.45, 2.75) is 6.17 Å². The first kappa shape index (κ1) is 32.8. The van der Waals surface area contributed by atoms with Crippen LogP contribution < -0.4 is 5.32 Å². The average molecular weight is 779 g/mol. The van der Waals surface area contributed by atoms with Gasteiger partial charge in [0.05, 0.1) is 27.8 Å². The first-order valence-electron chi connectivity index (χ1n) is 20.9. The van der Waals surface area contributed by atoms with Crippen molar-refractivity contribution in [3.63, 3.8) is 0 Å². The van der Waals surface area contributed by atoms with E-state index in [1.54, 1.807) is 0 Å². The molecule has 10 aromatic carbocycles. The Morgan fingerprint density at radius 3 is 1.89 bits per heavy atom. The van der Waals surface area contributed by atoms with Crippen LogP contribution in [0.5, 0.6) is 0 Å². The van der Waals surface area contributed by atoms with Crippen LogP contribution in [-0.4, -0.2) is 14.8 Å². The molecule has 0 fully saturated rings. The lowest BCUT2D eigenvalue weighted by molar-refractivity contribution is 0.664. The van der Waals surface area contributed by atoms with Crippen molar-refractivity contribution in [2.75, 3.05) is 5.32 Å². The van der Waals surface area contributed by atoms with Crippen LogP contribution in [0.1, 0.15) is 22.9 Å². The lowest BCUT2D eigenvalue weighted by Crippen LogP contribution is -2.20. The zero-order chi connectivity index (χ0) is 39.8. The Bertz CT molecular complexity index is 3880. The molecule has 1 N–H and O–H groups in total. The summed E-state index contributed by atoms with van der Waals surface area (Å²) in [6.07, 6.45) is -0.264. The van der Waals surface area contributed by atoms with Crippen molar-refractivity contribution < 1.29 is 4.42 Å². The van der Waals surface area contributed by atoms with Gasteiger partial charge in [0, 0.05) is 60.5 Å². The highest BCUT2D eigenvalue weighted by Gasteiger charge is 2.25. The monoisotopic (exact) mass is 778 g/mol. The van der Waals surface area contributed by atoms with Gasteiger partial charge in [-0.2, -0.15) is 0 Å². The molecule has 1 aliphatic rings. The summed E-state index contributed by atoms with van der Waals surface area (Å²) in [5, 5.41) is 15.8. The molecule has 0 aliphatic carbocycles. The van der Waals surface area contributed by atoms with Crippen LogP contribution in [0.15, 0.2) is 204 Å². The van der Waals surface area contributed by atoms with Gasteiger partial charge in [0.2, 0.25) is 0 Å². The van der Waals surface area contributed by atoms with E-state index in [0.717, 1.165) is 66.9 Å². The Labute approximate surface area is 349 Å². The Hall–Kier alpha value is -8.15. The number of anilines is 1. The number of nitrogens with zero attached hydrogens (tertiary/aromatic N) is 3. The third kappa shape index (κ3) is 4.63. The molecule has 61 heavy (non-hydrogen) atoms. The molecule has 5 nitrogen and oxygen atoms in total. The van der Waals surface area contributed by atoms with Crippen molar-refractivity contribution >= 4 is 98.5 Å². The highest BCUT2D eigenvalue weighted by atomic mass is 16.3. The fourth-order valence-electron chi connectivity index (χ4n) is 10.4. The molecule has 1 atom stereocenters. The van der Waals surface area contributed by atoms with E-state index in [4.69, 9.17) is 9.41 Å². The second-order valence-corrected chi connectivity index (χ2v) is 16.3. The van der Waals surface area contributed by atoms with Crippen molar-refractivity contribution in [3.05, 3.63) is 211 Å². The summed E-state index contributed by atoms with van der Waals surface area (Å²) in [6, 6.07) is 70.1. The first-order chi connectivity index (χ1) is 30.2. The minimum Gasteiger partial charge on any atom is -0.456 e. The van der Waals surface area contributed by atoms with E-state index in [9.17, 15) is 0 Å². The molecular formula is C56H34N4O. The highest BCUT2D eigenvalue weighted by Crippen LogP contribution is 2.45. The number of hydrogen-bond donors (Lipinski definition) is 1. The van der Waals surface area contributed by atoms with Gasteiger partial charge in [-0.25, -0.2) is 0 Å². The van der Waals surface area contributed by atoms with Gasteiger partial charge in [-0.05, 0) is 99.9 Å². The molecule has 14 rings (SSSR count). The number of rotatable bonds is 4. The number of benzene rings is 10. The van der Waals surface area contributed by atoms with Crippen LogP contribution >= 0.6 is 0 Å². The van der Waals surface area contributed by atoms with E-state index < -0.39 is 0 Å². The Kier molecular flexibility index (Phi) is 6.55. The van der Waals surface area contributed by atoms with Gasteiger partial charge in [-0.15, -0.1) is 0 Å². The molecule has 3 aromatic heterocycles. The molecule has 0 saturated carbocycles. The topological polar surface area (TPSA) is 47.4 Å². The van der Waals surface area contributed by atoms with Crippen LogP contribution in [0, 0.1) is 0 Å². The van der Waals surface area contributed by atoms with Gasteiger partial charge in [0.1, 0.15) is 17.3 Å². The van der Waals surface area contributed by atoms with Gasteiger partial charge in [0.15, 0.2) is 0 Å². The molecular weight excluding hydrogens is 745 g/mol. The van der Waals surface area contributed by atoms with E-state index in [0.29, 0.717) is 0 Å². The van der Waals surface area contributed by atoms with Crippen molar-refractivity contribution in [1.82, 2.24) is 9.13 Å². The molecule has 0 bridgehead atoms. The van der Waals surface area contributed by atoms with Gasteiger partial charge in [0.25, 0.3) is 0 Å². The summed E-state index contributed by atoms with van der Waals surface area (Å²) in [6.45, 7) is 0. The minimum absolute atomic E-state index is 0.264. The van der Waals surface area contributed by atoms with Gasteiger partial charge < -0.3 is 18.9 Å². The minimum atomic E-state index is -0.264. The average Bonchev–Trinajstić information content (AvgIpc) is 3.78. The van der Waals surface area contributed by atoms with E-state index in [2.05, 4.69) is 209 Å². The molecule has 5 heteroatoms. The Morgan fingerprint density at radius 1 is 0.426 bits per heavy atom. The molecule has 1 aliphatic heterocycles. The van der Waals surface area contributed by atoms with Crippen LogP contribution in [0.4, 0.5) is 5.69 Å². The smallest absolute Gasteiger partial charge is 0.145 e. The molecule has 1 unspecified atom stereocenters. The van der Waals surface area contributed by atoms with Gasteiger partial charge >= 0.3 is 0 Å². The quantitative estimate of drug-likeness (QED) is 0.193. The lowest BCUT2D eigenvalue weighted by Gasteiger charge is -2.26. The standard InChI is InChI=1S/C56H34N4O/c1-2-12-39(13-3-1)59-45-17-7-5-14-41(45)42-27-23-37(32-48(42)59)55-43-15-4-6-16-44(43)57-56(58-55)38-21-20-36-31-40(26-22-35(36)30-38)60-46-28-24-33-10-8-18-49-51(33)53(46)54-47(60)29-25-34-11-9-19-50(61-49)52(34)54/h1-32,56-57H. The van der Waals surface area contributed by atoms with Crippen LogP contribution in [0.3, 0.4) is 0 Å². The second kappa shape index (κ2) is 12.2. The fourth-order valence-corrected chi connectivity index (χ4v) is 10.4. The summed E-state index contributed by atoms with van der Waals surface area (Å²) in [5.74, 6) is 0. The largest absolute Gasteiger partial charge is 0.456 e. The van der Waals surface area contributed by atoms with E-state index >= 15 is 0 Å². The molecule has 0 amide bonds. The zero-order valence-corrected chi connectivity index (χ0v) is 32.8. The number of nitrogens with one attached hydrogen (secondary N) is 1. The van der Waals surface area contributed by atoms with Crippen LogP contribution in [0.25, 0.3) is 98.5 Å². The third-order valence-corrected chi connectivity index (χ3v) is 13.0.